The van der Waals surface area contributed by atoms with Crippen molar-refractivity contribution in [1.82, 2.24) is 9.97 Å². The normalized spacial score (nSPS) is 14.3. The van der Waals surface area contributed by atoms with Crippen molar-refractivity contribution in [3.05, 3.63) is 48.3 Å². The van der Waals surface area contributed by atoms with Crippen LogP contribution in [-0.4, -0.2) is 29.0 Å². The fourth-order valence-corrected chi connectivity index (χ4v) is 2.38. The Labute approximate surface area is 117 Å². The third-order valence-corrected chi connectivity index (χ3v) is 3.34. The van der Waals surface area contributed by atoms with Crippen LogP contribution in [0.2, 0.25) is 0 Å². The molecule has 1 aliphatic rings. The van der Waals surface area contributed by atoms with Crippen molar-refractivity contribution in [1.29, 1.82) is 0 Å². The van der Waals surface area contributed by atoms with E-state index in [9.17, 15) is 4.79 Å². The average molecular weight is 268 g/mol. The highest BCUT2D eigenvalue weighted by Gasteiger charge is 2.20. The van der Waals surface area contributed by atoms with Gasteiger partial charge in [-0.2, -0.15) is 0 Å². The maximum Gasteiger partial charge on any atom is 0.260 e. The van der Waals surface area contributed by atoms with Crippen LogP contribution in [0.15, 0.2) is 42.7 Å². The molecule has 1 amide bonds. The first-order valence-electron chi connectivity index (χ1n) is 6.77. The van der Waals surface area contributed by atoms with E-state index in [1.807, 2.05) is 12.1 Å². The quantitative estimate of drug-likeness (QED) is 0.928. The molecule has 0 aliphatic carbocycles. The van der Waals surface area contributed by atoms with Gasteiger partial charge >= 0.3 is 0 Å². The van der Waals surface area contributed by atoms with Crippen LogP contribution in [0.4, 0.5) is 11.6 Å². The number of nitrogens with one attached hydrogen (secondary N) is 1. The molecule has 0 spiro atoms. The van der Waals surface area contributed by atoms with Crippen LogP contribution in [0.5, 0.6) is 0 Å². The largest absolute Gasteiger partial charge is 0.356 e. The molecule has 5 nitrogen and oxygen atoms in total. The van der Waals surface area contributed by atoms with E-state index >= 15 is 0 Å². The van der Waals surface area contributed by atoms with Crippen LogP contribution in [-0.2, 0) is 0 Å². The summed E-state index contributed by atoms with van der Waals surface area (Å²) in [5.41, 5.74) is 0.597. The Kier molecular flexibility index (Phi) is 3.58. The molecule has 5 heteroatoms. The number of hydrogen-bond donors (Lipinski definition) is 1. The van der Waals surface area contributed by atoms with Gasteiger partial charge in [-0.05, 0) is 37.1 Å². The zero-order chi connectivity index (χ0) is 13.8. The summed E-state index contributed by atoms with van der Waals surface area (Å²) in [6.07, 6.45) is 5.68. The number of pyridine rings is 2. The number of carbonyl (C=O) groups is 1. The Bertz CT molecular complexity index is 594. The number of nitrogens with zero attached hydrogens (tertiary/aromatic N) is 3. The molecule has 102 valence electrons. The molecule has 3 rings (SSSR count). The Hall–Kier alpha value is -2.43. The molecule has 0 aromatic carbocycles. The van der Waals surface area contributed by atoms with E-state index in [4.69, 9.17) is 0 Å². The number of aromatic nitrogens is 2. The molecule has 20 heavy (non-hydrogen) atoms. The molecular formula is C15H16N4O. The van der Waals surface area contributed by atoms with Crippen LogP contribution in [0.25, 0.3) is 0 Å². The summed E-state index contributed by atoms with van der Waals surface area (Å²) < 4.78 is 0. The van der Waals surface area contributed by atoms with Crippen LogP contribution < -0.4 is 10.2 Å². The van der Waals surface area contributed by atoms with Gasteiger partial charge in [0, 0.05) is 25.5 Å². The second-order valence-corrected chi connectivity index (χ2v) is 4.74. The van der Waals surface area contributed by atoms with E-state index in [0.29, 0.717) is 11.4 Å². The van der Waals surface area contributed by atoms with E-state index < -0.39 is 0 Å². The predicted molar refractivity (Wildman–Crippen MR) is 77.9 cm³/mol. The van der Waals surface area contributed by atoms with Gasteiger partial charge in [0.1, 0.15) is 11.6 Å². The van der Waals surface area contributed by atoms with Crippen molar-refractivity contribution >= 4 is 17.5 Å². The monoisotopic (exact) mass is 268 g/mol. The third kappa shape index (κ3) is 2.61. The molecular weight excluding hydrogens is 252 g/mol. The van der Waals surface area contributed by atoms with Gasteiger partial charge in [-0.1, -0.05) is 6.07 Å². The Morgan fingerprint density at radius 3 is 2.60 bits per heavy atom. The van der Waals surface area contributed by atoms with Crippen molar-refractivity contribution in [3.63, 3.8) is 0 Å². The van der Waals surface area contributed by atoms with Gasteiger partial charge in [0.25, 0.3) is 5.91 Å². The van der Waals surface area contributed by atoms with Crippen LogP contribution >= 0.6 is 0 Å². The van der Waals surface area contributed by atoms with E-state index in [1.54, 1.807) is 30.6 Å². The summed E-state index contributed by atoms with van der Waals surface area (Å²) >= 11 is 0. The number of amides is 1. The van der Waals surface area contributed by atoms with Gasteiger partial charge < -0.3 is 10.2 Å². The van der Waals surface area contributed by atoms with Gasteiger partial charge in [-0.3, -0.25) is 4.79 Å². The molecule has 0 radical (unpaired) electrons. The zero-order valence-corrected chi connectivity index (χ0v) is 11.1. The molecule has 0 saturated carbocycles. The van der Waals surface area contributed by atoms with Crippen molar-refractivity contribution in [2.45, 2.75) is 12.8 Å². The topological polar surface area (TPSA) is 58.1 Å². The molecule has 1 fully saturated rings. The van der Waals surface area contributed by atoms with E-state index in [0.717, 1.165) is 31.7 Å². The second-order valence-electron chi connectivity index (χ2n) is 4.74. The summed E-state index contributed by atoms with van der Waals surface area (Å²) in [5.74, 6) is 1.14. The molecule has 0 unspecified atom stereocenters. The van der Waals surface area contributed by atoms with E-state index in [1.165, 1.54) is 0 Å². The molecule has 1 saturated heterocycles. The lowest BCUT2D eigenvalue weighted by atomic mass is 10.2. The molecule has 2 aromatic heterocycles. The molecule has 1 aliphatic heterocycles. The van der Waals surface area contributed by atoms with Gasteiger partial charge in [0.05, 0.1) is 5.56 Å². The van der Waals surface area contributed by atoms with Crippen molar-refractivity contribution in [3.8, 4) is 0 Å². The summed E-state index contributed by atoms with van der Waals surface area (Å²) in [6.45, 7) is 1.92. The number of hydrogen-bond acceptors (Lipinski definition) is 4. The third-order valence-electron chi connectivity index (χ3n) is 3.34. The Morgan fingerprint density at radius 1 is 1.05 bits per heavy atom. The molecule has 0 bridgehead atoms. The first-order valence-corrected chi connectivity index (χ1v) is 6.77. The smallest absolute Gasteiger partial charge is 0.260 e. The van der Waals surface area contributed by atoms with Crippen molar-refractivity contribution in [2.75, 3.05) is 23.3 Å². The summed E-state index contributed by atoms with van der Waals surface area (Å²) in [5, 5.41) is 2.81. The average Bonchev–Trinajstić information content (AvgIpc) is 3.02. The number of anilines is 2. The van der Waals surface area contributed by atoms with Gasteiger partial charge in [-0.25, -0.2) is 9.97 Å². The molecule has 2 aromatic rings. The summed E-state index contributed by atoms with van der Waals surface area (Å²) in [6, 6.07) is 9.01. The Balaban J connectivity index is 1.84. The minimum absolute atomic E-state index is 0.168. The predicted octanol–water partition coefficient (Wildman–Crippen LogP) is 2.33. The standard InChI is InChI=1S/C15H16N4O/c20-15(18-13-7-1-2-8-16-13)12-6-5-9-17-14(12)19-10-3-4-11-19/h1-2,5-9H,3-4,10-11H2,(H,16,18,20). The van der Waals surface area contributed by atoms with Gasteiger partial charge in [-0.15, -0.1) is 0 Å². The zero-order valence-electron chi connectivity index (χ0n) is 11.1. The minimum atomic E-state index is -0.168. The SMILES string of the molecule is O=C(Nc1ccccn1)c1cccnc1N1CCCC1. The van der Waals surface area contributed by atoms with Gasteiger partial charge in [0.15, 0.2) is 0 Å². The van der Waals surface area contributed by atoms with Crippen LogP contribution in [0.3, 0.4) is 0 Å². The highest BCUT2D eigenvalue weighted by molar-refractivity contribution is 6.07. The molecule has 1 N–H and O–H groups in total. The summed E-state index contributed by atoms with van der Waals surface area (Å²) in [7, 11) is 0. The fraction of sp³-hybridized carbons (Fsp3) is 0.267. The van der Waals surface area contributed by atoms with E-state index in [-0.39, 0.29) is 5.91 Å². The minimum Gasteiger partial charge on any atom is -0.356 e. The Morgan fingerprint density at radius 2 is 1.85 bits per heavy atom. The van der Waals surface area contributed by atoms with E-state index in [2.05, 4.69) is 20.2 Å². The maximum absolute atomic E-state index is 12.4. The summed E-state index contributed by atoms with van der Waals surface area (Å²) in [4.78, 5) is 23.0. The highest BCUT2D eigenvalue weighted by Crippen LogP contribution is 2.22. The first-order chi connectivity index (χ1) is 9.84. The lowest BCUT2D eigenvalue weighted by molar-refractivity contribution is 0.102. The maximum atomic E-state index is 12.4. The fourth-order valence-electron chi connectivity index (χ4n) is 2.38. The lowest BCUT2D eigenvalue weighted by Gasteiger charge is -2.19. The van der Waals surface area contributed by atoms with Crippen molar-refractivity contribution in [2.24, 2.45) is 0 Å². The van der Waals surface area contributed by atoms with Crippen molar-refractivity contribution < 1.29 is 4.79 Å². The number of rotatable bonds is 3. The molecule has 0 atom stereocenters. The number of carbonyl (C=O) groups excluding carboxylic acids is 1. The first kappa shape index (κ1) is 12.6. The van der Waals surface area contributed by atoms with Crippen LogP contribution in [0, 0.1) is 0 Å². The highest BCUT2D eigenvalue weighted by atomic mass is 16.1. The van der Waals surface area contributed by atoms with Crippen LogP contribution in [0.1, 0.15) is 23.2 Å². The van der Waals surface area contributed by atoms with Gasteiger partial charge in [0.2, 0.25) is 0 Å². The molecule has 3 heterocycles. The lowest BCUT2D eigenvalue weighted by Crippen LogP contribution is -2.24. The second kappa shape index (κ2) is 5.69.